The van der Waals surface area contributed by atoms with Crippen LogP contribution in [0.1, 0.15) is 67.9 Å². The minimum absolute atomic E-state index is 0. The summed E-state index contributed by atoms with van der Waals surface area (Å²) in [7, 11) is 0. The molecule has 0 fully saturated rings. The Balaban J connectivity index is 0.00000272. The van der Waals surface area contributed by atoms with Crippen molar-refractivity contribution < 1.29 is 16.8 Å². The zero-order valence-corrected chi connectivity index (χ0v) is 35.8. The second-order valence-corrected chi connectivity index (χ2v) is 15.6. The van der Waals surface area contributed by atoms with E-state index < -0.39 is 10.8 Å². The van der Waals surface area contributed by atoms with Crippen molar-refractivity contribution >= 4 is 11.3 Å². The molecule has 3 heteroatoms. The molecule has 0 bridgehead atoms. The normalized spacial score (nSPS) is 14.6. The number of rotatable bonds is 10. The summed E-state index contributed by atoms with van der Waals surface area (Å²) in [6.07, 6.45) is 14.7. The maximum absolute atomic E-state index is 5.77. The fourth-order valence-corrected chi connectivity index (χ4v) is 9.70. The van der Waals surface area contributed by atoms with Crippen molar-refractivity contribution in [1.29, 1.82) is 0 Å². The van der Waals surface area contributed by atoms with E-state index >= 15 is 0 Å². The Morgan fingerprint density at radius 3 is 1.43 bits per heavy atom. The molecule has 9 rings (SSSR count). The Hall–Kier alpha value is -6.26. The Morgan fingerprint density at radius 1 is 0.550 bits per heavy atom. The number of aliphatic imine (C=N–C) groups is 1. The van der Waals surface area contributed by atoms with Crippen LogP contribution in [0.15, 0.2) is 223 Å². The monoisotopic (exact) mass is 821 g/mol. The molecule has 297 valence electrons. The molecule has 7 aromatic rings. The van der Waals surface area contributed by atoms with Crippen LogP contribution in [0.4, 0.5) is 0 Å². The Labute approximate surface area is 367 Å². The zero-order valence-electron chi connectivity index (χ0n) is 34.7. The quantitative estimate of drug-likeness (QED) is 0.0767. The average molecular weight is 822 g/mol. The largest absolute Gasteiger partial charge is 2.00 e. The SMILES string of the molecule is Cc1cc(C)c(C(=C2C=CC(C(c3ccccc3)(c3ccccc3)c3ccccc3)=N2)c2ccc(C(c3ccccc3)(c3ccccc3)C3C=CCC=C3)[n-]2)c(C)c1.[CH3-].[Co+2]. The van der Waals surface area contributed by atoms with Crippen molar-refractivity contribution in [3.8, 4) is 0 Å². The van der Waals surface area contributed by atoms with Gasteiger partial charge >= 0.3 is 16.8 Å². The summed E-state index contributed by atoms with van der Waals surface area (Å²) in [6.45, 7) is 6.62. The molecule has 0 spiro atoms. The summed E-state index contributed by atoms with van der Waals surface area (Å²) in [4.78, 5) is 11.5. The van der Waals surface area contributed by atoms with Crippen molar-refractivity contribution in [3.63, 3.8) is 0 Å². The number of aromatic nitrogens is 1. The Kier molecular flexibility index (Phi) is 12.5. The third kappa shape index (κ3) is 7.23. The van der Waals surface area contributed by atoms with Gasteiger partial charge in [-0.1, -0.05) is 206 Å². The minimum atomic E-state index is -0.662. The molecule has 1 aliphatic carbocycles. The second-order valence-electron chi connectivity index (χ2n) is 15.6. The van der Waals surface area contributed by atoms with Gasteiger partial charge in [0.2, 0.25) is 0 Å². The first-order valence-corrected chi connectivity index (χ1v) is 20.4. The number of benzene rings is 6. The van der Waals surface area contributed by atoms with Gasteiger partial charge in [0.25, 0.3) is 0 Å². The second kappa shape index (κ2) is 17.9. The van der Waals surface area contributed by atoms with Gasteiger partial charge in [-0.3, -0.25) is 4.99 Å². The van der Waals surface area contributed by atoms with Crippen LogP contribution in [0, 0.1) is 34.1 Å². The molecule has 1 aromatic heterocycles. The summed E-state index contributed by atoms with van der Waals surface area (Å²) < 4.78 is 0. The molecular weight excluding hydrogens is 772 g/mol. The van der Waals surface area contributed by atoms with Gasteiger partial charge in [0.15, 0.2) is 0 Å². The topological polar surface area (TPSA) is 26.5 Å². The van der Waals surface area contributed by atoms with E-state index in [9.17, 15) is 0 Å². The van der Waals surface area contributed by atoms with Gasteiger partial charge in [-0.25, -0.2) is 0 Å². The van der Waals surface area contributed by atoms with Crippen LogP contribution in [0.2, 0.25) is 0 Å². The van der Waals surface area contributed by atoms with E-state index in [1.807, 2.05) is 0 Å². The van der Waals surface area contributed by atoms with Crippen LogP contribution in [-0.4, -0.2) is 5.71 Å². The first-order valence-electron chi connectivity index (χ1n) is 20.4. The molecule has 0 amide bonds. The number of allylic oxidation sites excluding steroid dienone is 6. The van der Waals surface area contributed by atoms with Crippen molar-refractivity contribution in [2.45, 2.75) is 38.0 Å². The van der Waals surface area contributed by atoms with Gasteiger partial charge < -0.3 is 12.4 Å². The van der Waals surface area contributed by atoms with Crippen molar-refractivity contribution in [3.05, 3.63) is 287 Å². The average Bonchev–Trinajstić information content (AvgIpc) is 3.97. The molecule has 0 saturated heterocycles. The summed E-state index contributed by atoms with van der Waals surface area (Å²) in [5.74, 6) is 0.0620. The summed E-state index contributed by atoms with van der Waals surface area (Å²) >= 11 is 0. The smallest absolute Gasteiger partial charge is 0.660 e. The fraction of sp³-hybridized carbons (Fsp3) is 0.123. The zero-order chi connectivity index (χ0) is 39.5. The molecule has 0 unspecified atom stereocenters. The van der Waals surface area contributed by atoms with Crippen LogP contribution < -0.4 is 4.98 Å². The molecule has 2 aliphatic rings. The summed E-state index contributed by atoms with van der Waals surface area (Å²) in [5.41, 5.74) is 14.4. The molecule has 1 radical (unpaired) electrons. The number of hydrogen-bond acceptors (Lipinski definition) is 1. The molecule has 1 aliphatic heterocycles. The van der Waals surface area contributed by atoms with Gasteiger partial charge in [-0.15, -0.1) is 11.4 Å². The van der Waals surface area contributed by atoms with Gasteiger partial charge in [0, 0.05) is 11.3 Å². The first kappa shape index (κ1) is 41.9. The predicted molar refractivity (Wildman–Crippen MR) is 248 cm³/mol. The molecule has 0 N–H and O–H groups in total. The van der Waals surface area contributed by atoms with Crippen LogP contribution in [-0.2, 0) is 27.6 Å². The van der Waals surface area contributed by atoms with Crippen molar-refractivity contribution in [2.24, 2.45) is 10.9 Å². The molecule has 2 nitrogen and oxygen atoms in total. The van der Waals surface area contributed by atoms with E-state index in [0.29, 0.717) is 0 Å². The van der Waals surface area contributed by atoms with Crippen molar-refractivity contribution in [1.82, 2.24) is 4.98 Å². The van der Waals surface area contributed by atoms with Gasteiger partial charge in [0.05, 0.1) is 16.8 Å². The summed E-state index contributed by atoms with van der Waals surface area (Å²) in [5, 5.41) is 0. The van der Waals surface area contributed by atoms with E-state index in [4.69, 9.17) is 9.98 Å². The summed E-state index contributed by atoms with van der Waals surface area (Å²) in [6, 6.07) is 63.4. The van der Waals surface area contributed by atoms with Gasteiger partial charge in [-0.2, -0.15) is 0 Å². The molecule has 6 aromatic carbocycles. The van der Waals surface area contributed by atoms with E-state index in [0.717, 1.165) is 34.8 Å². The van der Waals surface area contributed by atoms with Crippen LogP contribution in [0.3, 0.4) is 0 Å². The van der Waals surface area contributed by atoms with E-state index in [1.54, 1.807) is 0 Å². The van der Waals surface area contributed by atoms with Crippen molar-refractivity contribution in [2.75, 3.05) is 0 Å². The van der Waals surface area contributed by atoms with E-state index in [-0.39, 0.29) is 30.1 Å². The number of nitrogens with zero attached hydrogens (tertiary/aromatic N) is 2. The molecular formula is C57H50CoN2. The Morgan fingerprint density at radius 2 is 0.983 bits per heavy atom. The van der Waals surface area contributed by atoms with E-state index in [2.05, 4.69) is 233 Å². The van der Waals surface area contributed by atoms with Gasteiger partial charge in [0.1, 0.15) is 0 Å². The fourth-order valence-electron chi connectivity index (χ4n) is 9.70. The van der Waals surface area contributed by atoms with E-state index in [1.165, 1.54) is 50.1 Å². The number of aryl methyl sites for hydroxylation is 3. The maximum atomic E-state index is 5.77. The standard InChI is InChI=1S/C56H47N2.CH3.Co/c1-40-38-41(2)53(42(3)39-40)54(49-34-36-51(57-49)55(43-22-10-4-11-23-43,44-24-12-5-13-25-44)45-26-14-6-15-27-45)50-35-37-52(58-50)56(46-28-16-7-17-29-46,47-30-18-8-19-31-47)48-32-20-9-21-33-48;;/h4-8,10-39,48H,9H2,1-3H3;1H3;/q2*-1;+2. The predicted octanol–water partition coefficient (Wildman–Crippen LogP) is 13.3. The molecule has 0 saturated carbocycles. The number of hydrogen-bond donors (Lipinski definition) is 0. The maximum Gasteiger partial charge on any atom is 2.00 e. The first-order chi connectivity index (χ1) is 28.5. The Bertz CT molecular complexity index is 2530. The molecule has 2 heterocycles. The minimum Gasteiger partial charge on any atom is -0.660 e. The third-order valence-corrected chi connectivity index (χ3v) is 12.0. The third-order valence-electron chi connectivity index (χ3n) is 12.0. The van der Waals surface area contributed by atoms with Gasteiger partial charge in [-0.05, 0) is 89.4 Å². The molecule has 60 heavy (non-hydrogen) atoms. The van der Waals surface area contributed by atoms with Crippen LogP contribution in [0.5, 0.6) is 0 Å². The van der Waals surface area contributed by atoms with Crippen LogP contribution >= 0.6 is 0 Å². The van der Waals surface area contributed by atoms with Crippen LogP contribution in [0.25, 0.3) is 5.57 Å². The molecule has 0 atom stereocenters.